The maximum atomic E-state index is 13.3. The third-order valence-corrected chi connectivity index (χ3v) is 4.79. The second-order valence-corrected chi connectivity index (χ2v) is 6.90. The van der Waals surface area contributed by atoms with E-state index in [1.54, 1.807) is 22.8 Å². The maximum Gasteiger partial charge on any atom is 0.257 e. The van der Waals surface area contributed by atoms with Gasteiger partial charge in [0, 0.05) is 43.7 Å². The Hall–Kier alpha value is -3.67. The zero-order valence-electron chi connectivity index (χ0n) is 16.6. The highest BCUT2D eigenvalue weighted by Crippen LogP contribution is 2.25. The predicted octanol–water partition coefficient (Wildman–Crippen LogP) is 4.03. The van der Waals surface area contributed by atoms with E-state index in [0.717, 1.165) is 23.4 Å². The van der Waals surface area contributed by atoms with Gasteiger partial charge in [-0.1, -0.05) is 48.5 Å². The van der Waals surface area contributed by atoms with E-state index in [-0.39, 0.29) is 5.91 Å². The molecule has 0 aliphatic heterocycles. The lowest BCUT2D eigenvalue weighted by Crippen LogP contribution is -2.26. The average molecular weight is 385 g/mol. The zero-order chi connectivity index (χ0) is 20.2. The quantitative estimate of drug-likeness (QED) is 0.504. The molecule has 0 spiro atoms. The summed E-state index contributed by atoms with van der Waals surface area (Å²) in [5, 5.41) is 9.02. The average Bonchev–Trinajstić information content (AvgIpc) is 3.41. The molecule has 0 saturated carbocycles. The van der Waals surface area contributed by atoms with Crippen molar-refractivity contribution in [1.82, 2.24) is 24.5 Å². The molecule has 0 bridgehead atoms. The Morgan fingerprint density at radius 2 is 1.69 bits per heavy atom. The topological polar surface area (TPSA) is 56.0 Å². The van der Waals surface area contributed by atoms with E-state index in [2.05, 4.69) is 5.10 Å². The summed E-state index contributed by atoms with van der Waals surface area (Å²) in [5.74, 6) is -0.0738. The van der Waals surface area contributed by atoms with Crippen molar-refractivity contribution in [2.75, 3.05) is 7.05 Å². The Morgan fingerprint density at radius 1 is 1.00 bits per heavy atom. The number of aryl methyl sites for hydroxylation is 1. The molecule has 1 amide bonds. The van der Waals surface area contributed by atoms with Gasteiger partial charge in [0.05, 0.1) is 17.4 Å². The van der Waals surface area contributed by atoms with Crippen molar-refractivity contribution in [2.24, 2.45) is 0 Å². The van der Waals surface area contributed by atoms with Crippen LogP contribution in [0.3, 0.4) is 0 Å². The van der Waals surface area contributed by atoms with Gasteiger partial charge < -0.3 is 4.90 Å². The monoisotopic (exact) mass is 385 g/mol. The first kappa shape index (κ1) is 18.7. The van der Waals surface area contributed by atoms with Crippen molar-refractivity contribution in [1.29, 1.82) is 0 Å². The SMILES string of the molecule is CCn1cc(CN(C)C(=O)c2cn(-c3ccccc3)nc2-c2ccccc2)cn1. The Bertz CT molecular complexity index is 1100. The van der Waals surface area contributed by atoms with Crippen molar-refractivity contribution in [2.45, 2.75) is 20.0 Å². The standard InChI is InChI=1S/C23H23N5O/c1-3-27-16-18(14-24-27)15-26(2)23(29)21-17-28(20-12-8-5-9-13-20)25-22(21)19-10-6-4-7-11-19/h4-14,16-17H,3,15H2,1-2H3. The summed E-state index contributed by atoms with van der Waals surface area (Å²) < 4.78 is 3.62. The summed E-state index contributed by atoms with van der Waals surface area (Å²) in [7, 11) is 1.81. The fourth-order valence-electron chi connectivity index (χ4n) is 3.26. The third kappa shape index (κ3) is 3.96. The predicted molar refractivity (Wildman–Crippen MR) is 113 cm³/mol. The summed E-state index contributed by atoms with van der Waals surface area (Å²) >= 11 is 0. The van der Waals surface area contributed by atoms with Crippen molar-refractivity contribution in [3.63, 3.8) is 0 Å². The number of para-hydroxylation sites is 1. The molecule has 2 aromatic heterocycles. The minimum atomic E-state index is -0.0738. The molecule has 4 aromatic rings. The second-order valence-electron chi connectivity index (χ2n) is 6.90. The number of carbonyl (C=O) groups is 1. The largest absolute Gasteiger partial charge is 0.337 e. The minimum absolute atomic E-state index is 0.0738. The highest BCUT2D eigenvalue weighted by Gasteiger charge is 2.22. The Kier molecular flexibility index (Phi) is 5.24. The number of carbonyl (C=O) groups excluding carboxylic acids is 1. The van der Waals surface area contributed by atoms with Crippen LogP contribution in [-0.4, -0.2) is 37.4 Å². The molecule has 6 nitrogen and oxygen atoms in total. The summed E-state index contributed by atoms with van der Waals surface area (Å²) in [6.45, 7) is 3.33. The fraction of sp³-hybridized carbons (Fsp3) is 0.174. The number of nitrogens with zero attached hydrogens (tertiary/aromatic N) is 5. The van der Waals surface area contributed by atoms with Crippen molar-refractivity contribution in [3.8, 4) is 16.9 Å². The van der Waals surface area contributed by atoms with E-state index in [9.17, 15) is 4.79 Å². The molecule has 0 unspecified atom stereocenters. The molecule has 0 saturated heterocycles. The van der Waals surface area contributed by atoms with E-state index in [1.807, 2.05) is 84.7 Å². The van der Waals surface area contributed by atoms with E-state index in [0.29, 0.717) is 17.8 Å². The molecule has 0 aliphatic rings. The first-order valence-electron chi connectivity index (χ1n) is 9.63. The van der Waals surface area contributed by atoms with Crippen LogP contribution in [0.1, 0.15) is 22.8 Å². The molecule has 2 heterocycles. The second kappa shape index (κ2) is 8.14. The van der Waals surface area contributed by atoms with E-state index < -0.39 is 0 Å². The number of hydrogen-bond acceptors (Lipinski definition) is 3. The van der Waals surface area contributed by atoms with Gasteiger partial charge in [-0.3, -0.25) is 9.48 Å². The number of rotatable bonds is 6. The third-order valence-electron chi connectivity index (χ3n) is 4.79. The van der Waals surface area contributed by atoms with Gasteiger partial charge in [-0.2, -0.15) is 10.2 Å². The first-order valence-corrected chi connectivity index (χ1v) is 9.63. The van der Waals surface area contributed by atoms with Gasteiger partial charge >= 0.3 is 0 Å². The molecule has 2 aromatic carbocycles. The van der Waals surface area contributed by atoms with Gasteiger partial charge in [0.2, 0.25) is 0 Å². The normalized spacial score (nSPS) is 10.8. The molecule has 6 heteroatoms. The van der Waals surface area contributed by atoms with Crippen LogP contribution in [0.25, 0.3) is 16.9 Å². The Labute approximate surface area is 170 Å². The van der Waals surface area contributed by atoms with Gasteiger partial charge in [0.25, 0.3) is 5.91 Å². The van der Waals surface area contributed by atoms with E-state index in [4.69, 9.17) is 5.10 Å². The van der Waals surface area contributed by atoms with Crippen LogP contribution in [0.5, 0.6) is 0 Å². The number of hydrogen-bond donors (Lipinski definition) is 0. The molecular formula is C23H23N5O. The lowest BCUT2D eigenvalue weighted by molar-refractivity contribution is 0.0786. The van der Waals surface area contributed by atoms with E-state index in [1.165, 1.54) is 0 Å². The van der Waals surface area contributed by atoms with Gasteiger partial charge in [0.1, 0.15) is 5.69 Å². The number of aromatic nitrogens is 4. The smallest absolute Gasteiger partial charge is 0.257 e. The van der Waals surface area contributed by atoms with Crippen molar-refractivity contribution >= 4 is 5.91 Å². The van der Waals surface area contributed by atoms with E-state index >= 15 is 0 Å². The molecule has 0 radical (unpaired) electrons. The highest BCUT2D eigenvalue weighted by atomic mass is 16.2. The lowest BCUT2D eigenvalue weighted by atomic mass is 10.1. The molecule has 0 fully saturated rings. The van der Waals surface area contributed by atoms with Crippen LogP contribution in [-0.2, 0) is 13.1 Å². The molecule has 4 rings (SSSR count). The lowest BCUT2D eigenvalue weighted by Gasteiger charge is -2.16. The zero-order valence-corrected chi connectivity index (χ0v) is 16.6. The molecule has 0 aliphatic carbocycles. The van der Waals surface area contributed by atoms with Gasteiger partial charge in [-0.05, 0) is 19.1 Å². The van der Waals surface area contributed by atoms with Crippen LogP contribution in [0.4, 0.5) is 0 Å². The molecule has 29 heavy (non-hydrogen) atoms. The first-order chi connectivity index (χ1) is 14.2. The van der Waals surface area contributed by atoms with Gasteiger partial charge in [-0.15, -0.1) is 0 Å². The summed E-state index contributed by atoms with van der Waals surface area (Å²) in [5.41, 5.74) is 4.08. The fourth-order valence-corrected chi connectivity index (χ4v) is 3.26. The number of benzene rings is 2. The van der Waals surface area contributed by atoms with Crippen LogP contribution < -0.4 is 0 Å². The summed E-state index contributed by atoms with van der Waals surface area (Å²) in [6.07, 6.45) is 5.58. The van der Waals surface area contributed by atoms with Crippen molar-refractivity contribution < 1.29 is 4.79 Å². The van der Waals surface area contributed by atoms with Gasteiger partial charge in [0.15, 0.2) is 0 Å². The Morgan fingerprint density at radius 3 is 2.34 bits per heavy atom. The molecule has 0 atom stereocenters. The summed E-state index contributed by atoms with van der Waals surface area (Å²) in [6, 6.07) is 19.6. The highest BCUT2D eigenvalue weighted by molar-refractivity contribution is 5.99. The van der Waals surface area contributed by atoms with Crippen molar-refractivity contribution in [3.05, 3.63) is 90.4 Å². The maximum absolute atomic E-state index is 13.3. The van der Waals surface area contributed by atoms with Crippen LogP contribution in [0, 0.1) is 0 Å². The molecule has 0 N–H and O–H groups in total. The van der Waals surface area contributed by atoms with Crippen LogP contribution in [0.15, 0.2) is 79.3 Å². The van der Waals surface area contributed by atoms with Crippen LogP contribution >= 0.6 is 0 Å². The number of amides is 1. The summed E-state index contributed by atoms with van der Waals surface area (Å²) in [4.78, 5) is 15.0. The van der Waals surface area contributed by atoms with Crippen LogP contribution in [0.2, 0.25) is 0 Å². The Balaban J connectivity index is 1.69. The molecular weight excluding hydrogens is 362 g/mol. The van der Waals surface area contributed by atoms with Gasteiger partial charge in [-0.25, -0.2) is 4.68 Å². The minimum Gasteiger partial charge on any atom is -0.337 e. The molecule has 146 valence electrons.